The Morgan fingerprint density at radius 1 is 0.767 bits per heavy atom. The van der Waals surface area contributed by atoms with Crippen molar-refractivity contribution >= 4 is 94.4 Å². The lowest BCUT2D eigenvalue weighted by molar-refractivity contribution is 0.581. The third kappa shape index (κ3) is 14.4. The number of anilines is 1. The number of fused-ring (bicyclic) bond motifs is 1. The Kier molecular flexibility index (Phi) is 18.4. The molecule has 3 aromatic rings. The summed E-state index contributed by atoms with van der Waals surface area (Å²) in [6.45, 7) is 16.2. The second kappa shape index (κ2) is 20.5. The first-order chi connectivity index (χ1) is 20.2. The Bertz CT molecular complexity index is 1680. The summed E-state index contributed by atoms with van der Waals surface area (Å²) in [6, 6.07) is 5.00. The summed E-state index contributed by atoms with van der Waals surface area (Å²) in [5, 5.41) is 7.18. The average Bonchev–Trinajstić information content (AvgIpc) is 3.28. The highest BCUT2D eigenvalue weighted by Crippen LogP contribution is 2.21. The van der Waals surface area contributed by atoms with Crippen LogP contribution in [0.1, 0.15) is 11.1 Å². The molecule has 12 radical (unpaired) electrons. The van der Waals surface area contributed by atoms with Crippen LogP contribution in [0.2, 0.25) is 0 Å². The highest BCUT2D eigenvalue weighted by molar-refractivity contribution is 8.00. The zero-order chi connectivity index (χ0) is 33.1. The van der Waals surface area contributed by atoms with Crippen molar-refractivity contribution < 1.29 is 13.2 Å². The number of nitrogen functional groups attached to an aromatic ring is 1. The fourth-order valence-electron chi connectivity index (χ4n) is 2.88. The van der Waals surface area contributed by atoms with Gasteiger partial charge in [0.15, 0.2) is 5.82 Å². The normalized spacial score (nSPS) is 8.19. The van der Waals surface area contributed by atoms with Crippen LogP contribution in [0.5, 0.6) is 0 Å². The van der Waals surface area contributed by atoms with Gasteiger partial charge in [-0.3, -0.25) is 5.10 Å². The number of nitrogens with zero attached hydrogens (tertiary/aromatic N) is 2. The van der Waals surface area contributed by atoms with Crippen LogP contribution >= 0.6 is 0 Å². The van der Waals surface area contributed by atoms with Gasteiger partial charge in [-0.15, -0.1) is 0 Å². The molecule has 4 nitrogen and oxygen atoms in total. The summed E-state index contributed by atoms with van der Waals surface area (Å²) in [5.41, 5.74) is 26.4. The van der Waals surface area contributed by atoms with E-state index in [1.807, 2.05) is 0 Å². The third-order valence-electron chi connectivity index (χ3n) is 5.04. The highest BCUT2D eigenvalue weighted by Gasteiger charge is 2.24. The predicted octanol–water partition coefficient (Wildman–Crippen LogP) is 2.65. The number of hydrogen-bond donors (Lipinski definition) is 2. The molecule has 43 heavy (non-hydrogen) atoms. The van der Waals surface area contributed by atoms with Gasteiger partial charge in [0.2, 0.25) is 5.69 Å². The van der Waals surface area contributed by atoms with Gasteiger partial charge in [0.25, 0.3) is 0 Å². The number of aryl methyl sites for hydroxylation is 2. The first-order valence-corrected chi connectivity index (χ1v) is 12.0. The number of rotatable bonds is 3. The molecule has 1 heterocycles. The second-order valence-electron chi connectivity index (χ2n) is 8.33. The van der Waals surface area contributed by atoms with Gasteiger partial charge in [0.1, 0.15) is 17.5 Å². The molecule has 0 saturated carbocycles. The maximum Gasteiger partial charge on any atom is 0.222 e. The minimum absolute atomic E-state index is 0.135. The van der Waals surface area contributed by atoms with Crippen LogP contribution < -0.4 is 5.73 Å². The number of nitrogens with one attached hydrogen (secondary N) is 1. The monoisotopic (exact) mass is 552 g/mol. The van der Waals surface area contributed by atoms with E-state index < -0.39 is 37.2 Å². The number of hydrogen-bond acceptors (Lipinski definition) is 2. The van der Waals surface area contributed by atoms with Gasteiger partial charge < -0.3 is 5.73 Å². The first-order valence-electron chi connectivity index (χ1n) is 12.0. The number of aromatic amines is 1. The summed E-state index contributed by atoms with van der Waals surface area (Å²) in [4.78, 5) is 2.88. The summed E-state index contributed by atoms with van der Waals surface area (Å²) in [6.07, 6.45) is -2.44. The second-order valence-corrected chi connectivity index (χ2v) is 8.33. The molecule has 0 aliphatic heterocycles. The van der Waals surface area contributed by atoms with E-state index in [0.717, 1.165) is 11.5 Å². The maximum absolute atomic E-state index is 13.0. The summed E-state index contributed by atoms with van der Waals surface area (Å²) in [5.74, 6) is -1.25. The van der Waals surface area contributed by atoms with Gasteiger partial charge >= 0.3 is 0 Å². The fourth-order valence-corrected chi connectivity index (χ4v) is 2.88. The molecule has 0 aliphatic carbocycles. The highest BCUT2D eigenvalue weighted by atomic mass is 19.1. The minimum Gasteiger partial charge on any atom is -0.382 e. The lowest BCUT2D eigenvalue weighted by Crippen LogP contribution is -2.62. The number of halogens is 3. The molecule has 0 amide bonds. The first kappa shape index (κ1) is 38.6. The summed E-state index contributed by atoms with van der Waals surface area (Å²) < 4.78 is 38.1. The van der Waals surface area contributed by atoms with Gasteiger partial charge in [-0.05, 0) is 96.8 Å². The lowest BCUT2D eigenvalue weighted by atomic mass is 8.58. The Hall–Kier alpha value is -4.38. The molecule has 2 aromatic carbocycles. The van der Waals surface area contributed by atoms with Crippen molar-refractivity contribution in [3.63, 3.8) is 0 Å². The molecule has 17 heteroatoms. The Labute approximate surface area is 260 Å². The van der Waals surface area contributed by atoms with E-state index in [1.54, 1.807) is 13.0 Å². The van der Waals surface area contributed by atoms with Crippen molar-refractivity contribution in [3.8, 4) is 0 Å². The summed E-state index contributed by atoms with van der Waals surface area (Å²) in [7, 11) is 31.8. The molecular weight excluding hydrogens is 533 g/mol. The van der Waals surface area contributed by atoms with Gasteiger partial charge in [-0.2, -0.15) is 5.10 Å². The molecule has 0 atom stereocenters. The van der Waals surface area contributed by atoms with Gasteiger partial charge in [-0.25, -0.2) is 18.0 Å². The van der Waals surface area contributed by atoms with Crippen LogP contribution in [-0.4, -0.2) is 82.2 Å². The van der Waals surface area contributed by atoms with Crippen LogP contribution in [-0.2, 0) is 0 Å². The van der Waals surface area contributed by atoms with E-state index in [2.05, 4.69) is 74.0 Å². The van der Waals surface area contributed by atoms with Gasteiger partial charge in [0.05, 0.1) is 12.1 Å². The quantitative estimate of drug-likeness (QED) is 0.300. The van der Waals surface area contributed by atoms with Crippen molar-refractivity contribution in [2.45, 2.75) is 13.8 Å². The van der Waals surface area contributed by atoms with Crippen molar-refractivity contribution in [3.05, 3.63) is 123 Å². The van der Waals surface area contributed by atoms with Crippen LogP contribution in [0.3, 0.4) is 0 Å². The molecule has 3 rings (SSSR count). The van der Waals surface area contributed by atoms with Crippen molar-refractivity contribution in [1.82, 2.24) is 10.2 Å². The van der Waals surface area contributed by atoms with E-state index >= 15 is 0 Å². The number of H-pyrrole nitrogens is 1. The fraction of sp³-hybridized carbons (Fsp3) is 0.0769. The van der Waals surface area contributed by atoms with Crippen LogP contribution in [0.15, 0.2) is 83.3 Å². The van der Waals surface area contributed by atoms with Crippen molar-refractivity contribution in [2.75, 3.05) is 5.73 Å². The molecule has 0 aliphatic rings. The van der Waals surface area contributed by atoms with E-state index in [-0.39, 0.29) is 17.1 Å². The number of nitrogens with two attached hydrogens (primary N) is 1. The van der Waals surface area contributed by atoms with Crippen molar-refractivity contribution in [2.24, 2.45) is 0 Å². The molecule has 3 N–H and O–H groups in total. The van der Waals surface area contributed by atoms with Crippen molar-refractivity contribution in [1.29, 1.82) is 0 Å². The smallest absolute Gasteiger partial charge is 0.222 e. The maximum atomic E-state index is 13.0. The molecule has 0 spiro atoms. The van der Waals surface area contributed by atoms with Crippen LogP contribution in [0.4, 0.5) is 24.7 Å². The largest absolute Gasteiger partial charge is 0.382 e. The van der Waals surface area contributed by atoms with Crippen LogP contribution in [0, 0.1) is 37.9 Å². The van der Waals surface area contributed by atoms with Crippen LogP contribution in [0.25, 0.3) is 15.7 Å². The molecule has 0 saturated heterocycles. The number of benzene rings is 2. The molecule has 0 unspecified atom stereocenters. The van der Waals surface area contributed by atoms with E-state index in [9.17, 15) is 13.2 Å². The zero-order valence-corrected chi connectivity index (χ0v) is 23.6. The Balaban J connectivity index is 0.000000550. The lowest BCUT2D eigenvalue weighted by Gasteiger charge is -2.23. The summed E-state index contributed by atoms with van der Waals surface area (Å²) >= 11 is 0. The minimum atomic E-state index is -0.803. The topological polar surface area (TPSA) is 59.1 Å². The predicted molar refractivity (Wildman–Crippen MR) is 179 cm³/mol. The van der Waals surface area contributed by atoms with Gasteiger partial charge in [0, 0.05) is 77.3 Å². The molecule has 1 aromatic heterocycles. The standard InChI is InChI=1S/C10H4.C8H5F2N.C8H8FN3.B10/c1-3-5-7-9-10-8-6-4-2;1-5-3-8(11-2)7(10)4-6(5)9;1-4-2-5-7(3-6(4)9)11-12-8(5)10;1-7(2)10(8(3)4)9(5)6/h1-2H2;3-4H,1H3;2-3H,1H3,(H3,10,11,12);. The number of aromatic nitrogens is 2. The Morgan fingerprint density at radius 2 is 1.21 bits per heavy atom. The third-order valence-corrected chi connectivity index (χ3v) is 5.04. The molecule has 192 valence electrons. The Morgan fingerprint density at radius 3 is 1.63 bits per heavy atom. The molecular formula is C26H17B10F3N4. The van der Waals surface area contributed by atoms with E-state index in [1.165, 1.54) is 19.1 Å². The molecule has 0 bridgehead atoms. The SMILES string of the molecule is C=C=C=C=C=C=C=C=C=C.Cc1cc2c(N)n[nH]c2cc1F.[B]B([B])B(B([B])[B])B([B])[B].[C-]#[N+]c1cc(C)c(F)cc1F. The average molecular weight is 551 g/mol. The van der Waals surface area contributed by atoms with E-state index in [0.29, 0.717) is 16.9 Å². The zero-order valence-electron chi connectivity index (χ0n) is 23.6. The van der Waals surface area contributed by atoms with Gasteiger partial charge in [-0.1, -0.05) is 11.5 Å². The molecule has 0 fully saturated rings. The van der Waals surface area contributed by atoms with E-state index in [4.69, 9.17) is 58.7 Å².